The average Bonchev–Trinajstić information content (AvgIpc) is 2.40. The van der Waals surface area contributed by atoms with Crippen LogP contribution in [0.2, 0.25) is 5.02 Å². The van der Waals surface area contributed by atoms with Gasteiger partial charge >= 0.3 is 0 Å². The molecule has 1 aromatic carbocycles. The Bertz CT molecular complexity index is 676. The van der Waals surface area contributed by atoms with E-state index in [1.165, 1.54) is 0 Å². The summed E-state index contributed by atoms with van der Waals surface area (Å²) < 4.78 is 5.32. The Hall–Kier alpha value is -2.68. The molecule has 0 amide bonds. The Morgan fingerprint density at radius 1 is 1.26 bits per heavy atom. The summed E-state index contributed by atoms with van der Waals surface area (Å²) in [6.07, 6.45) is 0. The minimum absolute atomic E-state index is 0.0721. The number of ether oxygens (including phenoxy) is 1. The highest BCUT2D eigenvalue weighted by molar-refractivity contribution is 6.30. The first-order chi connectivity index (χ1) is 9.12. The van der Waals surface area contributed by atoms with Crippen LogP contribution in [-0.2, 0) is 0 Å². The molecule has 0 saturated carbocycles. The lowest BCUT2D eigenvalue weighted by Gasteiger charge is -2.26. The summed E-state index contributed by atoms with van der Waals surface area (Å²) in [6.45, 7) is 0. The van der Waals surface area contributed by atoms with E-state index in [-0.39, 0.29) is 11.5 Å². The van der Waals surface area contributed by atoms with E-state index in [1.807, 2.05) is 18.2 Å². The van der Waals surface area contributed by atoms with Crippen molar-refractivity contribution in [2.45, 2.75) is 5.92 Å². The molecule has 2 rings (SSSR count). The molecule has 1 atom stereocenters. The number of fused-ring (bicyclic) bond motifs is 1. The van der Waals surface area contributed by atoms with Crippen LogP contribution in [0.25, 0.3) is 0 Å². The summed E-state index contributed by atoms with van der Waals surface area (Å²) in [6, 6.07) is 10.4. The summed E-state index contributed by atoms with van der Waals surface area (Å²) in [7, 11) is 0. The van der Waals surface area contributed by atoms with Crippen molar-refractivity contribution >= 4 is 11.6 Å². The van der Waals surface area contributed by atoms with Crippen LogP contribution in [0, 0.1) is 39.9 Å². The summed E-state index contributed by atoms with van der Waals surface area (Å²) in [5.74, 6) is -1.46. The zero-order valence-corrected chi connectivity index (χ0v) is 10.3. The molecule has 0 fully saturated rings. The number of rotatable bonds is 1. The first kappa shape index (κ1) is 12.8. The maximum atomic E-state index is 9.15. The smallest absolute Gasteiger partial charge is 0.205 e. The van der Waals surface area contributed by atoms with Crippen LogP contribution in [0.5, 0.6) is 5.75 Å². The molecule has 0 bridgehead atoms. The van der Waals surface area contributed by atoms with Crippen LogP contribution in [0.4, 0.5) is 0 Å². The molecule has 1 aliphatic heterocycles. The highest BCUT2D eigenvalue weighted by atomic mass is 35.5. The Morgan fingerprint density at radius 3 is 2.53 bits per heavy atom. The first-order valence-corrected chi connectivity index (χ1v) is 5.66. The largest absolute Gasteiger partial charge is 0.440 e. The number of halogens is 1. The molecule has 5 nitrogen and oxygen atoms in total. The molecule has 0 aliphatic carbocycles. The number of nitrogens with two attached hydrogens (primary N) is 1. The van der Waals surface area contributed by atoms with Crippen molar-refractivity contribution in [3.8, 4) is 24.0 Å². The van der Waals surface area contributed by atoms with Crippen molar-refractivity contribution in [2.75, 3.05) is 0 Å². The van der Waals surface area contributed by atoms with Gasteiger partial charge in [-0.25, -0.2) is 0 Å². The van der Waals surface area contributed by atoms with Gasteiger partial charge in [0.1, 0.15) is 17.7 Å². The second-order valence-electron chi connectivity index (χ2n) is 3.89. The van der Waals surface area contributed by atoms with Gasteiger partial charge in [0, 0.05) is 10.6 Å². The molecule has 19 heavy (non-hydrogen) atoms. The van der Waals surface area contributed by atoms with Crippen molar-refractivity contribution in [2.24, 2.45) is 11.7 Å². The Kier molecular flexibility index (Phi) is 3.29. The average molecular weight is 271 g/mol. The maximum absolute atomic E-state index is 9.15. The van der Waals surface area contributed by atoms with Crippen molar-refractivity contribution < 1.29 is 4.74 Å². The van der Waals surface area contributed by atoms with Gasteiger partial charge in [-0.1, -0.05) is 11.6 Å². The van der Waals surface area contributed by atoms with Gasteiger partial charge in [-0.3, -0.25) is 0 Å². The predicted octanol–water partition coefficient (Wildman–Crippen LogP) is 2.17. The number of benzene rings is 1. The molecule has 1 unspecified atom stereocenters. The molecule has 2 N–H and O–H groups in total. The second kappa shape index (κ2) is 4.90. The molecule has 6 heteroatoms. The molecule has 1 aliphatic rings. The zero-order chi connectivity index (χ0) is 14.0. The number of nitrogens with zero attached hydrogens (tertiary/aromatic N) is 3. The van der Waals surface area contributed by atoms with E-state index in [1.54, 1.807) is 18.2 Å². The van der Waals surface area contributed by atoms with Crippen LogP contribution in [0.3, 0.4) is 0 Å². The summed E-state index contributed by atoms with van der Waals surface area (Å²) in [5.41, 5.74) is 6.25. The van der Waals surface area contributed by atoms with Crippen LogP contribution in [0.1, 0.15) is 11.5 Å². The molecule has 1 heterocycles. The van der Waals surface area contributed by atoms with Gasteiger partial charge in [-0.15, -0.1) is 0 Å². The molecule has 0 saturated heterocycles. The first-order valence-electron chi connectivity index (χ1n) is 5.28. The van der Waals surface area contributed by atoms with E-state index in [4.69, 9.17) is 37.9 Å². The molecule has 0 aromatic heterocycles. The number of hydrogen-bond acceptors (Lipinski definition) is 5. The van der Waals surface area contributed by atoms with Crippen molar-refractivity contribution in [3.63, 3.8) is 0 Å². The van der Waals surface area contributed by atoms with E-state index in [0.29, 0.717) is 16.3 Å². The standard InChI is InChI=1S/C13H7ClN4O/c14-8-1-2-11-9(3-8)12(7(4-15)5-16)10(6-17)13(18)19-11/h1-3,7,12H,18H2. The molecule has 1 aromatic rings. The third kappa shape index (κ3) is 2.06. The minimum atomic E-state index is -1.03. The second-order valence-corrected chi connectivity index (χ2v) is 4.32. The van der Waals surface area contributed by atoms with Crippen molar-refractivity contribution in [1.82, 2.24) is 0 Å². The fraction of sp³-hybridized carbons (Fsp3) is 0.154. The quantitative estimate of drug-likeness (QED) is 0.841. The summed E-state index contributed by atoms with van der Waals surface area (Å²) in [4.78, 5) is 0. The lowest BCUT2D eigenvalue weighted by molar-refractivity contribution is 0.383. The minimum Gasteiger partial charge on any atom is -0.440 e. The van der Waals surface area contributed by atoms with E-state index in [2.05, 4.69) is 0 Å². The molecular formula is C13H7ClN4O. The van der Waals surface area contributed by atoms with Crippen LogP contribution < -0.4 is 10.5 Å². The van der Waals surface area contributed by atoms with Gasteiger partial charge in [0.25, 0.3) is 0 Å². The lowest BCUT2D eigenvalue weighted by Crippen LogP contribution is -2.24. The van der Waals surface area contributed by atoms with Gasteiger partial charge < -0.3 is 10.5 Å². The summed E-state index contributed by atoms with van der Waals surface area (Å²) in [5, 5.41) is 27.7. The molecule has 92 valence electrons. The van der Waals surface area contributed by atoms with E-state index in [9.17, 15) is 0 Å². The Morgan fingerprint density at radius 2 is 1.95 bits per heavy atom. The topological polar surface area (TPSA) is 107 Å². The highest BCUT2D eigenvalue weighted by Crippen LogP contribution is 2.42. The van der Waals surface area contributed by atoms with Gasteiger partial charge in [0.2, 0.25) is 5.88 Å². The molecular weight excluding hydrogens is 264 g/mol. The maximum Gasteiger partial charge on any atom is 0.205 e. The Balaban J connectivity index is 2.68. The fourth-order valence-electron chi connectivity index (χ4n) is 1.99. The van der Waals surface area contributed by atoms with Gasteiger partial charge in [-0.05, 0) is 18.2 Å². The van der Waals surface area contributed by atoms with Crippen molar-refractivity contribution in [3.05, 3.63) is 40.2 Å². The SMILES string of the molecule is N#CC1=C(N)Oc2ccc(Cl)cc2C1C(C#N)C#N. The van der Waals surface area contributed by atoms with Gasteiger partial charge in [0.05, 0.1) is 23.6 Å². The Labute approximate surface area is 114 Å². The highest BCUT2D eigenvalue weighted by Gasteiger charge is 2.35. The van der Waals surface area contributed by atoms with Crippen LogP contribution >= 0.6 is 11.6 Å². The predicted molar refractivity (Wildman–Crippen MR) is 66.4 cm³/mol. The third-order valence-corrected chi connectivity index (χ3v) is 3.07. The van der Waals surface area contributed by atoms with Crippen LogP contribution in [0.15, 0.2) is 29.7 Å². The van der Waals surface area contributed by atoms with E-state index >= 15 is 0 Å². The third-order valence-electron chi connectivity index (χ3n) is 2.84. The van der Waals surface area contributed by atoms with Crippen LogP contribution in [-0.4, -0.2) is 0 Å². The van der Waals surface area contributed by atoms with Gasteiger partial charge in [-0.2, -0.15) is 15.8 Å². The lowest BCUT2D eigenvalue weighted by atomic mass is 9.80. The zero-order valence-electron chi connectivity index (χ0n) is 9.59. The van der Waals surface area contributed by atoms with Crippen molar-refractivity contribution in [1.29, 1.82) is 15.8 Å². The molecule has 0 radical (unpaired) electrons. The number of nitriles is 3. The van der Waals surface area contributed by atoms with E-state index in [0.717, 1.165) is 0 Å². The monoisotopic (exact) mass is 270 g/mol. The number of hydrogen-bond donors (Lipinski definition) is 1. The fourth-order valence-corrected chi connectivity index (χ4v) is 2.17. The van der Waals surface area contributed by atoms with Gasteiger partial charge in [0.15, 0.2) is 0 Å². The number of allylic oxidation sites excluding steroid dienone is 1. The normalized spacial score (nSPS) is 16.9. The summed E-state index contributed by atoms with van der Waals surface area (Å²) >= 11 is 5.91. The van der Waals surface area contributed by atoms with E-state index < -0.39 is 11.8 Å². The molecule has 0 spiro atoms.